The van der Waals surface area contributed by atoms with Crippen LogP contribution in [0, 0.1) is 0 Å². The lowest BCUT2D eigenvalue weighted by molar-refractivity contribution is -0.117. The number of carbonyl (C=O) groups excluding carboxylic acids is 1. The van der Waals surface area contributed by atoms with E-state index in [9.17, 15) is 4.79 Å². The second-order valence-corrected chi connectivity index (χ2v) is 8.96. The molecule has 0 bridgehead atoms. The predicted molar refractivity (Wildman–Crippen MR) is 130 cm³/mol. The van der Waals surface area contributed by atoms with Crippen LogP contribution in [0.25, 0.3) is 0 Å². The molecule has 2 saturated heterocycles. The summed E-state index contributed by atoms with van der Waals surface area (Å²) in [6, 6.07) is 17.0. The molecule has 2 atom stereocenters. The van der Waals surface area contributed by atoms with Gasteiger partial charge < -0.3 is 25.6 Å². The standard InChI is InChI=1S/C26H36N4O2/c1-20-4-2-15-29(20)16-3-17-32-25-12-9-23(10-13-25)30-24(11-14-26(30)31)19-28-22-7-5-21(18-27)6-8-22/h5-10,12-13,20,24,28H,2-4,11,14-19,27H2,1H3. The molecular weight excluding hydrogens is 400 g/mol. The Balaban J connectivity index is 1.27. The number of nitrogens with two attached hydrogens (primary N) is 1. The largest absolute Gasteiger partial charge is 0.494 e. The first-order valence-corrected chi connectivity index (χ1v) is 12.0. The van der Waals surface area contributed by atoms with Gasteiger partial charge in [-0.15, -0.1) is 0 Å². The molecule has 2 aromatic carbocycles. The Hall–Kier alpha value is -2.57. The molecule has 1 amide bonds. The van der Waals surface area contributed by atoms with Crippen molar-refractivity contribution in [3.8, 4) is 5.75 Å². The Morgan fingerprint density at radius 3 is 2.56 bits per heavy atom. The molecule has 6 nitrogen and oxygen atoms in total. The van der Waals surface area contributed by atoms with Gasteiger partial charge in [-0.2, -0.15) is 0 Å². The Morgan fingerprint density at radius 1 is 1.09 bits per heavy atom. The zero-order valence-electron chi connectivity index (χ0n) is 19.1. The Morgan fingerprint density at radius 2 is 1.88 bits per heavy atom. The maximum Gasteiger partial charge on any atom is 0.227 e. The van der Waals surface area contributed by atoms with Gasteiger partial charge in [0.2, 0.25) is 5.91 Å². The predicted octanol–water partition coefficient (Wildman–Crippen LogP) is 4.01. The number of rotatable bonds is 10. The average Bonchev–Trinajstić information content (AvgIpc) is 3.41. The van der Waals surface area contributed by atoms with E-state index in [4.69, 9.17) is 10.5 Å². The SMILES string of the molecule is CC1CCCN1CCCOc1ccc(N2C(=O)CCC2CNc2ccc(CN)cc2)cc1. The van der Waals surface area contributed by atoms with Crippen LogP contribution in [-0.2, 0) is 11.3 Å². The highest BCUT2D eigenvalue weighted by molar-refractivity contribution is 5.96. The zero-order chi connectivity index (χ0) is 22.3. The lowest BCUT2D eigenvalue weighted by atomic mass is 10.1. The molecule has 2 aromatic rings. The van der Waals surface area contributed by atoms with Gasteiger partial charge in [-0.1, -0.05) is 12.1 Å². The van der Waals surface area contributed by atoms with Crippen LogP contribution in [-0.4, -0.2) is 49.1 Å². The van der Waals surface area contributed by atoms with Crippen LogP contribution >= 0.6 is 0 Å². The van der Waals surface area contributed by atoms with Gasteiger partial charge in [-0.25, -0.2) is 0 Å². The van der Waals surface area contributed by atoms with Gasteiger partial charge in [0.25, 0.3) is 0 Å². The normalized spacial score (nSPS) is 21.3. The van der Waals surface area contributed by atoms with Gasteiger partial charge in [-0.05, 0) is 81.1 Å². The van der Waals surface area contributed by atoms with Gasteiger partial charge >= 0.3 is 0 Å². The summed E-state index contributed by atoms with van der Waals surface area (Å²) in [6.07, 6.45) is 5.12. The van der Waals surface area contributed by atoms with Crippen LogP contribution in [0.3, 0.4) is 0 Å². The number of nitrogens with one attached hydrogen (secondary N) is 1. The van der Waals surface area contributed by atoms with E-state index >= 15 is 0 Å². The minimum atomic E-state index is 0.144. The number of carbonyl (C=O) groups is 1. The summed E-state index contributed by atoms with van der Waals surface area (Å²) in [5.74, 6) is 1.05. The third-order valence-electron chi connectivity index (χ3n) is 6.72. The van der Waals surface area contributed by atoms with Crippen molar-refractivity contribution in [1.82, 2.24) is 4.90 Å². The number of benzene rings is 2. The fourth-order valence-electron chi connectivity index (χ4n) is 4.77. The first-order valence-electron chi connectivity index (χ1n) is 12.0. The van der Waals surface area contributed by atoms with E-state index in [-0.39, 0.29) is 11.9 Å². The summed E-state index contributed by atoms with van der Waals surface area (Å²) < 4.78 is 5.95. The number of hydrogen-bond donors (Lipinski definition) is 2. The summed E-state index contributed by atoms with van der Waals surface area (Å²) in [4.78, 5) is 17.1. The molecule has 2 aliphatic heterocycles. The Kier molecular flexibility index (Phi) is 7.66. The Bertz CT molecular complexity index is 868. The quantitative estimate of drug-likeness (QED) is 0.551. The number of ether oxygens (including phenoxy) is 1. The molecule has 0 spiro atoms. The van der Waals surface area contributed by atoms with Crippen molar-refractivity contribution in [1.29, 1.82) is 0 Å². The van der Waals surface area contributed by atoms with Crippen molar-refractivity contribution < 1.29 is 9.53 Å². The maximum absolute atomic E-state index is 12.6. The number of nitrogens with zero attached hydrogens (tertiary/aromatic N) is 2. The van der Waals surface area contributed by atoms with E-state index in [0.717, 1.165) is 55.2 Å². The molecule has 2 heterocycles. The van der Waals surface area contributed by atoms with E-state index < -0.39 is 0 Å². The highest BCUT2D eigenvalue weighted by atomic mass is 16.5. The number of likely N-dealkylation sites (tertiary alicyclic amines) is 1. The van der Waals surface area contributed by atoms with Gasteiger partial charge in [0.15, 0.2) is 0 Å². The lowest BCUT2D eigenvalue weighted by Gasteiger charge is -2.26. The first kappa shape index (κ1) is 22.6. The molecule has 172 valence electrons. The van der Waals surface area contributed by atoms with Crippen LogP contribution in [0.2, 0.25) is 0 Å². The molecule has 6 heteroatoms. The second kappa shape index (κ2) is 10.8. The third kappa shape index (κ3) is 5.61. The highest BCUT2D eigenvalue weighted by Gasteiger charge is 2.31. The van der Waals surface area contributed by atoms with Gasteiger partial charge in [-0.3, -0.25) is 4.79 Å². The summed E-state index contributed by atoms with van der Waals surface area (Å²) in [6.45, 7) is 6.62. The molecule has 3 N–H and O–H groups in total. The molecule has 32 heavy (non-hydrogen) atoms. The monoisotopic (exact) mass is 436 g/mol. The lowest BCUT2D eigenvalue weighted by Crippen LogP contribution is -2.37. The molecule has 0 saturated carbocycles. The van der Waals surface area contributed by atoms with E-state index in [0.29, 0.717) is 19.0 Å². The van der Waals surface area contributed by atoms with E-state index in [1.165, 1.54) is 19.4 Å². The summed E-state index contributed by atoms with van der Waals surface area (Å²) in [5.41, 5.74) is 8.77. The minimum Gasteiger partial charge on any atom is -0.494 e. The van der Waals surface area contributed by atoms with E-state index in [2.05, 4.69) is 17.1 Å². The van der Waals surface area contributed by atoms with Crippen molar-refractivity contribution in [2.75, 3.05) is 36.5 Å². The van der Waals surface area contributed by atoms with Crippen LogP contribution in [0.4, 0.5) is 11.4 Å². The number of hydrogen-bond acceptors (Lipinski definition) is 5. The van der Waals surface area contributed by atoms with Gasteiger partial charge in [0.05, 0.1) is 12.6 Å². The van der Waals surface area contributed by atoms with Crippen LogP contribution in [0.1, 0.15) is 44.6 Å². The fraction of sp³-hybridized carbons (Fsp3) is 0.500. The third-order valence-corrected chi connectivity index (χ3v) is 6.72. The summed E-state index contributed by atoms with van der Waals surface area (Å²) >= 11 is 0. The molecule has 2 unspecified atom stereocenters. The van der Waals surface area contributed by atoms with Crippen molar-refractivity contribution in [3.05, 3.63) is 54.1 Å². The number of anilines is 2. The zero-order valence-corrected chi connectivity index (χ0v) is 19.1. The van der Waals surface area contributed by atoms with Crippen LogP contribution in [0.15, 0.2) is 48.5 Å². The van der Waals surface area contributed by atoms with Gasteiger partial charge in [0, 0.05) is 43.5 Å². The van der Waals surface area contributed by atoms with Crippen molar-refractivity contribution in [2.45, 2.75) is 57.7 Å². The molecule has 0 aromatic heterocycles. The van der Waals surface area contributed by atoms with Crippen LogP contribution < -0.4 is 20.7 Å². The fourth-order valence-corrected chi connectivity index (χ4v) is 4.77. The molecule has 2 aliphatic rings. The Labute approximate surface area is 191 Å². The smallest absolute Gasteiger partial charge is 0.227 e. The molecule has 4 rings (SSSR count). The highest BCUT2D eigenvalue weighted by Crippen LogP contribution is 2.29. The maximum atomic E-state index is 12.6. The molecule has 2 fully saturated rings. The van der Waals surface area contributed by atoms with Crippen molar-refractivity contribution in [3.63, 3.8) is 0 Å². The summed E-state index contributed by atoms with van der Waals surface area (Å²) in [7, 11) is 0. The van der Waals surface area contributed by atoms with E-state index in [1.54, 1.807) is 0 Å². The number of amides is 1. The van der Waals surface area contributed by atoms with Crippen molar-refractivity contribution >= 4 is 17.3 Å². The first-order chi connectivity index (χ1) is 15.6. The molecule has 0 radical (unpaired) electrons. The topological polar surface area (TPSA) is 70.8 Å². The minimum absolute atomic E-state index is 0.144. The second-order valence-electron chi connectivity index (χ2n) is 8.96. The molecular formula is C26H36N4O2. The van der Waals surface area contributed by atoms with Crippen LogP contribution in [0.5, 0.6) is 5.75 Å². The van der Waals surface area contributed by atoms with E-state index in [1.807, 2.05) is 53.4 Å². The van der Waals surface area contributed by atoms with Crippen molar-refractivity contribution in [2.24, 2.45) is 5.73 Å². The molecule has 0 aliphatic carbocycles. The summed E-state index contributed by atoms with van der Waals surface area (Å²) in [5, 5.41) is 3.47. The van der Waals surface area contributed by atoms with Gasteiger partial charge in [0.1, 0.15) is 5.75 Å². The average molecular weight is 437 g/mol.